The Kier molecular flexibility index (Phi) is 6.30. The fraction of sp³-hybridized carbons (Fsp3) is 0.333. The van der Waals surface area contributed by atoms with E-state index in [9.17, 15) is 9.59 Å². The first kappa shape index (κ1) is 18.8. The summed E-state index contributed by atoms with van der Waals surface area (Å²) in [7, 11) is 0. The molecule has 0 unspecified atom stereocenters. The van der Waals surface area contributed by atoms with Gasteiger partial charge in [0.2, 0.25) is 0 Å². The molecule has 142 valence electrons. The normalized spacial score (nSPS) is 12.9. The standard InChI is InChI=1S/C21H23NO5/c1-2-25-20(23)14-27-19-5-3-4-17(12-19)22-21(24)16-8-10-18(11-9-16)26-13-15-6-7-15/h3-5,8-12,15H,2,6-7,13-14H2,1H3,(H,22,24). The van der Waals surface area contributed by atoms with Gasteiger partial charge in [0.15, 0.2) is 6.61 Å². The maximum absolute atomic E-state index is 12.4. The Hall–Kier alpha value is -3.02. The van der Waals surface area contributed by atoms with Crippen LogP contribution in [0.2, 0.25) is 0 Å². The monoisotopic (exact) mass is 369 g/mol. The van der Waals surface area contributed by atoms with Crippen LogP contribution in [-0.4, -0.2) is 31.7 Å². The number of hydrogen-bond donors (Lipinski definition) is 1. The second-order valence-corrected chi connectivity index (χ2v) is 6.35. The molecule has 0 saturated heterocycles. The van der Waals surface area contributed by atoms with Gasteiger partial charge in [-0.1, -0.05) is 6.07 Å². The molecule has 1 fully saturated rings. The Morgan fingerprint density at radius 1 is 1.04 bits per heavy atom. The van der Waals surface area contributed by atoms with E-state index in [1.807, 2.05) is 0 Å². The van der Waals surface area contributed by atoms with E-state index in [4.69, 9.17) is 14.2 Å². The quantitative estimate of drug-likeness (QED) is 0.683. The summed E-state index contributed by atoms with van der Waals surface area (Å²) in [5.41, 5.74) is 1.11. The number of carbonyl (C=O) groups excluding carboxylic acids is 2. The van der Waals surface area contributed by atoms with Crippen molar-refractivity contribution >= 4 is 17.6 Å². The molecule has 2 aromatic carbocycles. The second-order valence-electron chi connectivity index (χ2n) is 6.35. The lowest BCUT2D eigenvalue weighted by Gasteiger charge is -2.10. The van der Waals surface area contributed by atoms with Crippen LogP contribution in [-0.2, 0) is 9.53 Å². The third-order valence-corrected chi connectivity index (χ3v) is 4.05. The summed E-state index contributed by atoms with van der Waals surface area (Å²) in [4.78, 5) is 23.7. The predicted octanol–water partition coefficient (Wildman–Crippen LogP) is 3.67. The van der Waals surface area contributed by atoms with Crippen molar-refractivity contribution in [3.05, 3.63) is 54.1 Å². The largest absolute Gasteiger partial charge is 0.493 e. The highest BCUT2D eigenvalue weighted by Gasteiger charge is 2.21. The fourth-order valence-electron chi connectivity index (χ4n) is 2.41. The summed E-state index contributed by atoms with van der Waals surface area (Å²) in [5, 5.41) is 2.82. The van der Waals surface area contributed by atoms with Crippen molar-refractivity contribution < 1.29 is 23.8 Å². The Morgan fingerprint density at radius 2 is 1.81 bits per heavy atom. The molecule has 0 aliphatic heterocycles. The van der Waals surface area contributed by atoms with E-state index >= 15 is 0 Å². The summed E-state index contributed by atoms with van der Waals surface area (Å²) < 4.78 is 15.9. The number of esters is 1. The predicted molar refractivity (Wildman–Crippen MR) is 101 cm³/mol. The summed E-state index contributed by atoms with van der Waals surface area (Å²) >= 11 is 0. The summed E-state index contributed by atoms with van der Waals surface area (Å²) in [6, 6.07) is 13.9. The van der Waals surface area contributed by atoms with Crippen molar-refractivity contribution in [3.63, 3.8) is 0 Å². The van der Waals surface area contributed by atoms with Gasteiger partial charge in [-0.2, -0.15) is 0 Å². The molecule has 1 N–H and O–H groups in total. The van der Waals surface area contributed by atoms with E-state index in [1.165, 1.54) is 12.8 Å². The van der Waals surface area contributed by atoms with Gasteiger partial charge in [0, 0.05) is 17.3 Å². The van der Waals surface area contributed by atoms with Gasteiger partial charge < -0.3 is 19.5 Å². The number of anilines is 1. The third kappa shape index (κ3) is 6.02. The molecule has 27 heavy (non-hydrogen) atoms. The average molecular weight is 369 g/mol. The average Bonchev–Trinajstić information content (AvgIpc) is 3.50. The Labute approximate surface area is 158 Å². The molecule has 0 heterocycles. The second kappa shape index (κ2) is 9.07. The molecule has 0 radical (unpaired) electrons. The van der Waals surface area contributed by atoms with Gasteiger partial charge in [-0.15, -0.1) is 0 Å². The van der Waals surface area contributed by atoms with Gasteiger partial charge in [-0.25, -0.2) is 4.79 Å². The van der Waals surface area contributed by atoms with Crippen LogP contribution in [0, 0.1) is 5.92 Å². The molecule has 1 aliphatic rings. The fourth-order valence-corrected chi connectivity index (χ4v) is 2.41. The van der Waals surface area contributed by atoms with Crippen LogP contribution in [0.4, 0.5) is 5.69 Å². The maximum atomic E-state index is 12.4. The SMILES string of the molecule is CCOC(=O)COc1cccc(NC(=O)c2ccc(OCC3CC3)cc2)c1. The lowest BCUT2D eigenvalue weighted by atomic mass is 10.2. The molecule has 0 aromatic heterocycles. The van der Waals surface area contributed by atoms with Gasteiger partial charge in [0.1, 0.15) is 11.5 Å². The van der Waals surface area contributed by atoms with Crippen LogP contribution in [0.3, 0.4) is 0 Å². The number of ether oxygens (including phenoxy) is 3. The number of rotatable bonds is 9. The molecule has 1 aliphatic carbocycles. The van der Waals surface area contributed by atoms with Crippen molar-refractivity contribution in [2.75, 3.05) is 25.1 Å². The smallest absolute Gasteiger partial charge is 0.344 e. The van der Waals surface area contributed by atoms with Crippen LogP contribution in [0.1, 0.15) is 30.1 Å². The minimum atomic E-state index is -0.434. The van der Waals surface area contributed by atoms with E-state index in [2.05, 4.69) is 5.32 Å². The summed E-state index contributed by atoms with van der Waals surface area (Å²) in [6.07, 6.45) is 2.48. The minimum absolute atomic E-state index is 0.173. The Balaban J connectivity index is 1.53. The maximum Gasteiger partial charge on any atom is 0.344 e. The topological polar surface area (TPSA) is 73.9 Å². The van der Waals surface area contributed by atoms with Gasteiger partial charge in [-0.05, 0) is 62.1 Å². The van der Waals surface area contributed by atoms with Crippen LogP contribution >= 0.6 is 0 Å². The number of nitrogens with one attached hydrogen (secondary N) is 1. The highest BCUT2D eigenvalue weighted by molar-refractivity contribution is 6.04. The first-order valence-electron chi connectivity index (χ1n) is 9.06. The first-order chi connectivity index (χ1) is 13.1. The van der Waals surface area contributed by atoms with E-state index in [0.29, 0.717) is 29.5 Å². The zero-order valence-electron chi connectivity index (χ0n) is 15.3. The van der Waals surface area contributed by atoms with E-state index in [1.54, 1.807) is 55.5 Å². The third-order valence-electron chi connectivity index (χ3n) is 4.05. The summed E-state index contributed by atoms with van der Waals surface area (Å²) in [5.74, 6) is 1.27. The zero-order valence-corrected chi connectivity index (χ0v) is 15.3. The number of hydrogen-bond acceptors (Lipinski definition) is 5. The van der Waals surface area contributed by atoms with Crippen molar-refractivity contribution in [2.45, 2.75) is 19.8 Å². The van der Waals surface area contributed by atoms with Gasteiger partial charge in [0.25, 0.3) is 5.91 Å². The van der Waals surface area contributed by atoms with Gasteiger partial charge in [-0.3, -0.25) is 4.79 Å². The molecule has 1 amide bonds. The van der Waals surface area contributed by atoms with Crippen LogP contribution in [0.5, 0.6) is 11.5 Å². The lowest BCUT2D eigenvalue weighted by Crippen LogP contribution is -2.15. The first-order valence-corrected chi connectivity index (χ1v) is 9.06. The molecule has 6 heteroatoms. The van der Waals surface area contributed by atoms with Gasteiger partial charge >= 0.3 is 5.97 Å². The highest BCUT2D eigenvalue weighted by atomic mass is 16.6. The Bertz CT molecular complexity index is 783. The summed E-state index contributed by atoms with van der Waals surface area (Å²) in [6.45, 7) is 2.61. The zero-order chi connectivity index (χ0) is 19.1. The molecule has 3 rings (SSSR count). The number of carbonyl (C=O) groups is 2. The lowest BCUT2D eigenvalue weighted by molar-refractivity contribution is -0.145. The molecule has 2 aromatic rings. The molecule has 0 atom stereocenters. The van der Waals surface area contributed by atoms with Crippen molar-refractivity contribution in [3.8, 4) is 11.5 Å². The van der Waals surface area contributed by atoms with E-state index in [-0.39, 0.29) is 12.5 Å². The van der Waals surface area contributed by atoms with E-state index < -0.39 is 5.97 Å². The van der Waals surface area contributed by atoms with Gasteiger partial charge in [0.05, 0.1) is 13.2 Å². The Morgan fingerprint density at radius 3 is 2.52 bits per heavy atom. The molecule has 0 bridgehead atoms. The van der Waals surface area contributed by atoms with Crippen molar-refractivity contribution in [2.24, 2.45) is 5.92 Å². The van der Waals surface area contributed by atoms with Crippen molar-refractivity contribution in [1.82, 2.24) is 0 Å². The molecule has 1 saturated carbocycles. The van der Waals surface area contributed by atoms with E-state index in [0.717, 1.165) is 12.4 Å². The van der Waals surface area contributed by atoms with Crippen LogP contribution in [0.15, 0.2) is 48.5 Å². The highest BCUT2D eigenvalue weighted by Crippen LogP contribution is 2.29. The number of benzene rings is 2. The van der Waals surface area contributed by atoms with Crippen LogP contribution in [0.25, 0.3) is 0 Å². The molecular weight excluding hydrogens is 346 g/mol. The molecule has 6 nitrogen and oxygen atoms in total. The minimum Gasteiger partial charge on any atom is -0.493 e. The number of amides is 1. The van der Waals surface area contributed by atoms with Crippen LogP contribution < -0.4 is 14.8 Å². The van der Waals surface area contributed by atoms with Crippen molar-refractivity contribution in [1.29, 1.82) is 0 Å². The molecular formula is C21H23NO5. The molecule has 0 spiro atoms.